The molecule has 0 saturated heterocycles. The third kappa shape index (κ3) is 4.47. The van der Waals surface area contributed by atoms with Gasteiger partial charge in [-0.25, -0.2) is 14.6 Å². The first-order valence-corrected chi connectivity index (χ1v) is 7.33. The first-order valence-electron chi connectivity index (χ1n) is 7.33. The lowest BCUT2D eigenvalue weighted by molar-refractivity contribution is -0.139. The molecule has 1 aromatic heterocycles. The van der Waals surface area contributed by atoms with E-state index in [1.165, 1.54) is 12.7 Å². The summed E-state index contributed by atoms with van der Waals surface area (Å²) in [5, 5.41) is 14.6. The van der Waals surface area contributed by atoms with Gasteiger partial charge in [-0.05, 0) is 18.8 Å². The number of hydrogen-bond donors (Lipinski definition) is 4. The summed E-state index contributed by atoms with van der Waals surface area (Å²) in [6.45, 7) is 2.11. The summed E-state index contributed by atoms with van der Waals surface area (Å²) in [4.78, 5) is 29.9. The van der Waals surface area contributed by atoms with Gasteiger partial charge in [0.1, 0.15) is 6.04 Å². The monoisotopic (exact) mass is 294 g/mol. The van der Waals surface area contributed by atoms with Crippen molar-refractivity contribution in [2.24, 2.45) is 5.92 Å². The zero-order valence-corrected chi connectivity index (χ0v) is 12.1. The third-order valence-corrected chi connectivity index (χ3v) is 4.01. The molecule has 3 atom stereocenters. The minimum absolute atomic E-state index is 0.125. The van der Waals surface area contributed by atoms with Crippen molar-refractivity contribution >= 4 is 12.0 Å². The van der Waals surface area contributed by atoms with E-state index >= 15 is 0 Å². The molecule has 0 aromatic carbocycles. The van der Waals surface area contributed by atoms with Crippen LogP contribution in [-0.2, 0) is 11.2 Å². The second kappa shape index (κ2) is 7.10. The number of rotatable bonds is 5. The van der Waals surface area contributed by atoms with Crippen molar-refractivity contribution in [3.8, 4) is 0 Å². The van der Waals surface area contributed by atoms with E-state index in [0.717, 1.165) is 19.3 Å². The number of aliphatic carboxylic acids is 1. The minimum atomic E-state index is -1.06. The maximum Gasteiger partial charge on any atom is 0.326 e. The van der Waals surface area contributed by atoms with Crippen molar-refractivity contribution in [1.29, 1.82) is 0 Å². The molecule has 1 fully saturated rings. The molecule has 0 bridgehead atoms. The summed E-state index contributed by atoms with van der Waals surface area (Å²) in [5.74, 6) is -0.628. The van der Waals surface area contributed by atoms with Gasteiger partial charge in [-0.15, -0.1) is 0 Å². The van der Waals surface area contributed by atoms with Gasteiger partial charge in [0.25, 0.3) is 0 Å². The molecule has 7 heteroatoms. The molecule has 0 spiro atoms. The lowest BCUT2D eigenvalue weighted by Crippen LogP contribution is -2.51. The molecule has 0 radical (unpaired) electrons. The number of hydrogen-bond acceptors (Lipinski definition) is 3. The molecule has 116 valence electrons. The molecule has 1 aromatic rings. The highest BCUT2D eigenvalue weighted by Crippen LogP contribution is 2.23. The fourth-order valence-electron chi connectivity index (χ4n) is 2.72. The summed E-state index contributed by atoms with van der Waals surface area (Å²) in [6.07, 6.45) is 7.57. The van der Waals surface area contributed by atoms with Gasteiger partial charge in [-0.2, -0.15) is 0 Å². The molecule has 0 aliphatic heterocycles. The number of aromatic amines is 1. The van der Waals surface area contributed by atoms with Crippen LogP contribution in [0.5, 0.6) is 0 Å². The minimum Gasteiger partial charge on any atom is -0.480 e. The number of H-pyrrole nitrogens is 1. The van der Waals surface area contributed by atoms with E-state index in [1.807, 2.05) is 0 Å². The quantitative estimate of drug-likeness (QED) is 0.656. The average molecular weight is 294 g/mol. The molecule has 7 nitrogen and oxygen atoms in total. The molecule has 21 heavy (non-hydrogen) atoms. The maximum atomic E-state index is 12.0. The second-order valence-corrected chi connectivity index (χ2v) is 5.66. The smallest absolute Gasteiger partial charge is 0.326 e. The fourth-order valence-corrected chi connectivity index (χ4v) is 2.72. The molecular weight excluding hydrogens is 272 g/mol. The van der Waals surface area contributed by atoms with E-state index in [1.54, 1.807) is 6.20 Å². The van der Waals surface area contributed by atoms with Crippen molar-refractivity contribution in [3.05, 3.63) is 18.2 Å². The normalized spacial score (nSPS) is 23.3. The van der Waals surface area contributed by atoms with E-state index in [9.17, 15) is 14.7 Å². The molecule has 1 aliphatic rings. The van der Waals surface area contributed by atoms with Gasteiger partial charge < -0.3 is 20.7 Å². The highest BCUT2D eigenvalue weighted by atomic mass is 16.4. The van der Waals surface area contributed by atoms with E-state index in [4.69, 9.17) is 0 Å². The SMILES string of the molecule is CC1CCCCC1NC(=O)NC(Cc1cnc[nH]1)C(=O)O. The standard InChI is InChI=1S/C14H22N4O3/c1-9-4-2-3-5-11(9)17-14(21)18-12(13(19)20)6-10-7-15-8-16-10/h7-9,11-12H,2-6H2,1H3,(H,15,16)(H,19,20)(H2,17,18,21). The molecule has 1 saturated carbocycles. The summed E-state index contributed by atoms with van der Waals surface area (Å²) >= 11 is 0. The molecule has 2 amide bonds. The highest BCUT2D eigenvalue weighted by molar-refractivity contribution is 5.82. The zero-order chi connectivity index (χ0) is 15.2. The molecular formula is C14H22N4O3. The number of amides is 2. The Morgan fingerprint density at radius 3 is 2.86 bits per heavy atom. The molecule has 2 rings (SSSR count). The Kier molecular flexibility index (Phi) is 5.19. The van der Waals surface area contributed by atoms with Crippen LogP contribution < -0.4 is 10.6 Å². The predicted molar refractivity (Wildman–Crippen MR) is 76.8 cm³/mol. The number of urea groups is 1. The Morgan fingerprint density at radius 1 is 1.48 bits per heavy atom. The predicted octanol–water partition coefficient (Wildman–Crippen LogP) is 1.28. The van der Waals surface area contributed by atoms with E-state index in [2.05, 4.69) is 27.5 Å². The number of nitrogens with zero attached hydrogens (tertiary/aromatic N) is 1. The largest absolute Gasteiger partial charge is 0.480 e. The van der Waals surface area contributed by atoms with Crippen LogP contribution in [0, 0.1) is 5.92 Å². The van der Waals surface area contributed by atoms with Crippen LogP contribution in [0.25, 0.3) is 0 Å². The van der Waals surface area contributed by atoms with Crippen LogP contribution in [0.1, 0.15) is 38.3 Å². The lowest BCUT2D eigenvalue weighted by atomic mass is 9.86. The Bertz CT molecular complexity index is 475. The Labute approximate surface area is 123 Å². The number of aromatic nitrogens is 2. The van der Waals surface area contributed by atoms with Crippen LogP contribution >= 0.6 is 0 Å². The van der Waals surface area contributed by atoms with Gasteiger partial charge in [0.15, 0.2) is 0 Å². The van der Waals surface area contributed by atoms with Crippen molar-refractivity contribution in [2.45, 2.75) is 51.1 Å². The van der Waals surface area contributed by atoms with E-state index in [0.29, 0.717) is 11.6 Å². The first kappa shape index (κ1) is 15.3. The number of carboxylic acids is 1. The highest BCUT2D eigenvalue weighted by Gasteiger charge is 2.25. The second-order valence-electron chi connectivity index (χ2n) is 5.66. The van der Waals surface area contributed by atoms with Gasteiger partial charge in [-0.3, -0.25) is 0 Å². The number of imidazole rings is 1. The number of carbonyl (C=O) groups is 2. The molecule has 1 heterocycles. The number of carboxylic acid groups (broad SMARTS) is 1. The van der Waals surface area contributed by atoms with Gasteiger partial charge in [0.2, 0.25) is 0 Å². The van der Waals surface area contributed by atoms with Crippen LogP contribution in [0.15, 0.2) is 12.5 Å². The summed E-state index contributed by atoms with van der Waals surface area (Å²) in [7, 11) is 0. The van der Waals surface area contributed by atoms with Crippen molar-refractivity contribution in [2.75, 3.05) is 0 Å². The summed E-state index contributed by atoms with van der Waals surface area (Å²) < 4.78 is 0. The van der Waals surface area contributed by atoms with Crippen LogP contribution in [0.2, 0.25) is 0 Å². The third-order valence-electron chi connectivity index (χ3n) is 4.01. The number of carbonyl (C=O) groups excluding carboxylic acids is 1. The van der Waals surface area contributed by atoms with Gasteiger partial charge >= 0.3 is 12.0 Å². The summed E-state index contributed by atoms with van der Waals surface area (Å²) in [6, 6.07) is -1.26. The first-order chi connectivity index (χ1) is 10.1. The number of nitrogens with one attached hydrogen (secondary N) is 3. The van der Waals surface area contributed by atoms with E-state index < -0.39 is 18.0 Å². The maximum absolute atomic E-state index is 12.0. The van der Waals surface area contributed by atoms with Crippen LogP contribution in [-0.4, -0.2) is 39.2 Å². The lowest BCUT2D eigenvalue weighted by Gasteiger charge is -2.30. The molecule has 3 unspecified atom stereocenters. The van der Waals surface area contributed by atoms with Crippen LogP contribution in [0.3, 0.4) is 0 Å². The average Bonchev–Trinajstić information content (AvgIpc) is 2.93. The molecule has 1 aliphatic carbocycles. The van der Waals surface area contributed by atoms with Gasteiger partial charge in [0, 0.05) is 24.4 Å². The van der Waals surface area contributed by atoms with Crippen LogP contribution in [0.4, 0.5) is 4.79 Å². The van der Waals surface area contributed by atoms with Crippen molar-refractivity contribution in [1.82, 2.24) is 20.6 Å². The van der Waals surface area contributed by atoms with Gasteiger partial charge in [-0.1, -0.05) is 19.8 Å². The zero-order valence-electron chi connectivity index (χ0n) is 12.1. The van der Waals surface area contributed by atoms with E-state index in [-0.39, 0.29) is 12.5 Å². The Hall–Kier alpha value is -2.05. The van der Waals surface area contributed by atoms with Gasteiger partial charge in [0.05, 0.1) is 6.33 Å². The van der Waals surface area contributed by atoms with Crippen molar-refractivity contribution in [3.63, 3.8) is 0 Å². The Balaban J connectivity index is 1.87. The topological polar surface area (TPSA) is 107 Å². The fraction of sp³-hybridized carbons (Fsp3) is 0.643. The van der Waals surface area contributed by atoms with Crippen molar-refractivity contribution < 1.29 is 14.7 Å². The Morgan fingerprint density at radius 2 is 2.24 bits per heavy atom. The summed E-state index contributed by atoms with van der Waals surface area (Å²) in [5.41, 5.74) is 0.675. The molecule has 4 N–H and O–H groups in total.